The van der Waals surface area contributed by atoms with E-state index in [0.29, 0.717) is 10.6 Å². The molecule has 3 amide bonds. The van der Waals surface area contributed by atoms with Crippen molar-refractivity contribution in [3.05, 3.63) is 27.7 Å². The molecule has 0 radical (unpaired) electrons. The van der Waals surface area contributed by atoms with Gasteiger partial charge in [0.05, 0.1) is 11.6 Å². The molecule has 18 heavy (non-hydrogen) atoms. The summed E-state index contributed by atoms with van der Waals surface area (Å²) in [5.41, 5.74) is 5.09. The number of rotatable bonds is 4. The van der Waals surface area contributed by atoms with Crippen molar-refractivity contribution in [3.8, 4) is 5.75 Å². The van der Waals surface area contributed by atoms with Crippen LogP contribution in [-0.2, 0) is 11.4 Å². The first-order valence-electron chi connectivity index (χ1n) is 4.75. The summed E-state index contributed by atoms with van der Waals surface area (Å²) in [4.78, 5) is 21.5. The molecule has 4 N–H and O–H groups in total. The molecule has 0 bridgehead atoms. The minimum Gasteiger partial charge on any atom is -0.482 e. The smallest absolute Gasteiger partial charge is 0.318 e. The Morgan fingerprint density at radius 1 is 1.39 bits per heavy atom. The maximum absolute atomic E-state index is 11.1. The third-order valence-electron chi connectivity index (χ3n) is 1.87. The highest BCUT2D eigenvalue weighted by molar-refractivity contribution is 6.35. The molecule has 0 unspecified atom stereocenters. The number of primary amides is 1. The van der Waals surface area contributed by atoms with E-state index < -0.39 is 18.5 Å². The van der Waals surface area contributed by atoms with Gasteiger partial charge >= 0.3 is 6.03 Å². The second kappa shape index (κ2) is 6.44. The normalized spacial score (nSPS) is 9.94. The van der Waals surface area contributed by atoms with Gasteiger partial charge < -0.3 is 15.6 Å². The first kappa shape index (κ1) is 14.6. The highest BCUT2D eigenvalue weighted by Gasteiger charge is 2.12. The van der Waals surface area contributed by atoms with E-state index in [-0.39, 0.29) is 17.4 Å². The number of nitrogens with two attached hydrogens (primary N) is 1. The number of aliphatic hydroxyl groups excluding tert-OH is 1. The predicted molar refractivity (Wildman–Crippen MR) is 65.6 cm³/mol. The van der Waals surface area contributed by atoms with Crippen molar-refractivity contribution in [1.29, 1.82) is 0 Å². The fourth-order valence-electron chi connectivity index (χ4n) is 1.20. The van der Waals surface area contributed by atoms with Gasteiger partial charge in [-0.05, 0) is 12.1 Å². The summed E-state index contributed by atoms with van der Waals surface area (Å²) in [6, 6.07) is 1.88. The number of halogens is 2. The highest BCUT2D eigenvalue weighted by Crippen LogP contribution is 2.32. The molecule has 0 saturated heterocycles. The lowest BCUT2D eigenvalue weighted by Crippen LogP contribution is -2.38. The van der Waals surface area contributed by atoms with E-state index in [0.717, 1.165) is 0 Å². The number of nitrogens with one attached hydrogen (secondary N) is 1. The second-order valence-electron chi connectivity index (χ2n) is 3.24. The molecule has 1 rings (SSSR count). The predicted octanol–water partition coefficient (Wildman–Crippen LogP) is 1.06. The lowest BCUT2D eigenvalue weighted by molar-refractivity contribution is -0.121. The molecule has 0 fully saturated rings. The number of imide groups is 1. The van der Waals surface area contributed by atoms with Crippen molar-refractivity contribution in [2.24, 2.45) is 5.73 Å². The van der Waals surface area contributed by atoms with Crippen LogP contribution in [0, 0.1) is 0 Å². The summed E-state index contributed by atoms with van der Waals surface area (Å²) in [5.74, 6) is -0.597. The maximum atomic E-state index is 11.1. The number of hydrogen-bond acceptors (Lipinski definition) is 4. The van der Waals surface area contributed by atoms with Gasteiger partial charge in [-0.15, -0.1) is 0 Å². The molecule has 8 heteroatoms. The molecule has 98 valence electrons. The topological polar surface area (TPSA) is 102 Å². The number of ether oxygens (including phenoxy) is 1. The van der Waals surface area contributed by atoms with Crippen molar-refractivity contribution in [3.63, 3.8) is 0 Å². The zero-order valence-electron chi connectivity index (χ0n) is 9.07. The molecule has 0 aliphatic heterocycles. The van der Waals surface area contributed by atoms with Crippen LogP contribution in [0.4, 0.5) is 4.79 Å². The first-order valence-corrected chi connectivity index (χ1v) is 5.50. The van der Waals surface area contributed by atoms with Crippen molar-refractivity contribution >= 4 is 35.1 Å². The third-order valence-corrected chi connectivity index (χ3v) is 2.36. The molecule has 0 aliphatic carbocycles. The van der Waals surface area contributed by atoms with Gasteiger partial charge in [-0.3, -0.25) is 10.1 Å². The molecule has 0 heterocycles. The largest absolute Gasteiger partial charge is 0.482 e. The Morgan fingerprint density at radius 3 is 2.61 bits per heavy atom. The Morgan fingerprint density at radius 2 is 2.06 bits per heavy atom. The van der Waals surface area contributed by atoms with Crippen LogP contribution in [0.2, 0.25) is 10.0 Å². The number of benzene rings is 1. The Bertz CT molecular complexity index is 479. The van der Waals surface area contributed by atoms with Gasteiger partial charge in [0, 0.05) is 10.6 Å². The Kier molecular flexibility index (Phi) is 5.21. The zero-order chi connectivity index (χ0) is 13.7. The fraction of sp³-hybridized carbons (Fsp3) is 0.200. The molecule has 1 aromatic rings. The van der Waals surface area contributed by atoms with Gasteiger partial charge in [0.1, 0.15) is 5.75 Å². The van der Waals surface area contributed by atoms with E-state index >= 15 is 0 Å². The molecule has 0 aromatic heterocycles. The van der Waals surface area contributed by atoms with E-state index in [9.17, 15) is 9.59 Å². The van der Waals surface area contributed by atoms with Crippen LogP contribution in [0.15, 0.2) is 12.1 Å². The Hall–Kier alpha value is -1.50. The number of carbonyl (C=O) groups excluding carboxylic acids is 2. The second-order valence-corrected chi connectivity index (χ2v) is 4.08. The molecule has 0 aliphatic rings. The maximum Gasteiger partial charge on any atom is 0.318 e. The van der Waals surface area contributed by atoms with Crippen LogP contribution in [-0.4, -0.2) is 23.7 Å². The van der Waals surface area contributed by atoms with E-state index in [1.807, 2.05) is 5.32 Å². The fourth-order valence-corrected chi connectivity index (χ4v) is 1.79. The average molecular weight is 293 g/mol. The van der Waals surface area contributed by atoms with E-state index in [1.165, 1.54) is 12.1 Å². The summed E-state index contributed by atoms with van der Waals surface area (Å²) in [5, 5.41) is 11.4. The molecule has 6 nitrogen and oxygen atoms in total. The number of hydrogen-bond donors (Lipinski definition) is 3. The molecular weight excluding hydrogens is 283 g/mol. The minimum absolute atomic E-state index is 0.128. The molecule has 0 atom stereocenters. The molecule has 1 aromatic carbocycles. The van der Waals surface area contributed by atoms with Gasteiger partial charge in [-0.25, -0.2) is 4.79 Å². The SMILES string of the molecule is NC(=O)NC(=O)COc1c(Cl)cc(Cl)cc1CO. The van der Waals surface area contributed by atoms with Crippen LogP contribution < -0.4 is 15.8 Å². The Balaban J connectivity index is 2.78. The van der Waals surface area contributed by atoms with E-state index in [1.54, 1.807) is 0 Å². The number of urea groups is 1. The third kappa shape index (κ3) is 4.06. The molecular formula is C10H10Cl2N2O4. The van der Waals surface area contributed by atoms with Crippen molar-refractivity contribution in [2.45, 2.75) is 6.61 Å². The van der Waals surface area contributed by atoms with Crippen LogP contribution >= 0.6 is 23.2 Å². The Labute approximate surface area is 113 Å². The number of aliphatic hydroxyl groups is 1. The highest BCUT2D eigenvalue weighted by atomic mass is 35.5. The first-order chi connectivity index (χ1) is 8.43. The van der Waals surface area contributed by atoms with Gasteiger partial charge in [-0.1, -0.05) is 23.2 Å². The average Bonchev–Trinajstić information content (AvgIpc) is 2.25. The van der Waals surface area contributed by atoms with E-state index in [4.69, 9.17) is 38.8 Å². The van der Waals surface area contributed by atoms with E-state index in [2.05, 4.69) is 0 Å². The molecule has 0 spiro atoms. The standard InChI is InChI=1S/C10H10Cl2N2O4/c11-6-1-5(3-15)9(7(12)2-6)18-4-8(16)14-10(13)17/h1-2,15H,3-4H2,(H3,13,14,16,17). The van der Waals surface area contributed by atoms with Crippen molar-refractivity contribution < 1.29 is 19.4 Å². The van der Waals surface area contributed by atoms with Crippen LogP contribution in [0.1, 0.15) is 5.56 Å². The van der Waals surface area contributed by atoms with Crippen LogP contribution in [0.5, 0.6) is 5.75 Å². The van der Waals surface area contributed by atoms with Crippen LogP contribution in [0.3, 0.4) is 0 Å². The van der Waals surface area contributed by atoms with Crippen molar-refractivity contribution in [1.82, 2.24) is 5.32 Å². The van der Waals surface area contributed by atoms with Crippen LogP contribution in [0.25, 0.3) is 0 Å². The van der Waals surface area contributed by atoms with Gasteiger partial charge in [0.25, 0.3) is 5.91 Å². The quantitative estimate of drug-likeness (QED) is 0.772. The summed E-state index contributed by atoms with van der Waals surface area (Å²) in [6.45, 7) is -0.815. The summed E-state index contributed by atoms with van der Waals surface area (Å²) < 4.78 is 5.11. The summed E-state index contributed by atoms with van der Waals surface area (Å²) in [6.07, 6.45) is 0. The van der Waals surface area contributed by atoms with Gasteiger partial charge in [-0.2, -0.15) is 0 Å². The number of carbonyl (C=O) groups is 2. The van der Waals surface area contributed by atoms with Crippen molar-refractivity contribution in [2.75, 3.05) is 6.61 Å². The number of amides is 3. The summed E-state index contributed by atoms with van der Waals surface area (Å²) in [7, 11) is 0. The lowest BCUT2D eigenvalue weighted by atomic mass is 10.2. The minimum atomic E-state index is -0.979. The lowest BCUT2D eigenvalue weighted by Gasteiger charge is -2.11. The summed E-state index contributed by atoms with van der Waals surface area (Å²) >= 11 is 11.6. The van der Waals surface area contributed by atoms with Gasteiger partial charge in [0.2, 0.25) is 0 Å². The molecule has 0 saturated carbocycles. The van der Waals surface area contributed by atoms with Gasteiger partial charge in [0.15, 0.2) is 6.61 Å². The zero-order valence-corrected chi connectivity index (χ0v) is 10.6. The monoisotopic (exact) mass is 292 g/mol.